The number of carbonyl (C=O) groups excluding carboxylic acids is 1. The first-order valence-corrected chi connectivity index (χ1v) is 7.43. The summed E-state index contributed by atoms with van der Waals surface area (Å²) in [5.41, 5.74) is 0.502. The maximum atomic E-state index is 13.3. The van der Waals surface area contributed by atoms with Gasteiger partial charge in [0.25, 0.3) is 0 Å². The summed E-state index contributed by atoms with van der Waals surface area (Å²) in [5, 5.41) is 6.13. The van der Waals surface area contributed by atoms with Crippen LogP contribution in [0.25, 0.3) is 0 Å². The second-order valence-electron chi connectivity index (χ2n) is 4.86. The van der Waals surface area contributed by atoms with Gasteiger partial charge in [-0.05, 0) is 59.9 Å². The molecule has 19 heavy (non-hydrogen) atoms. The standard InChI is InChI=1S/C14H18BrFN2O/c15-12-6-4-11(9-13(12)16)18-14(19)7-5-10-3-1-2-8-17-10/h4,6,9-10,17H,1-3,5,7-8H2,(H,18,19). The van der Waals surface area contributed by atoms with Crippen LogP contribution < -0.4 is 10.6 Å². The van der Waals surface area contributed by atoms with Crippen LogP contribution in [0, 0.1) is 5.82 Å². The third-order valence-electron chi connectivity index (χ3n) is 3.34. The van der Waals surface area contributed by atoms with Crippen molar-refractivity contribution in [1.82, 2.24) is 5.32 Å². The molecule has 0 bridgehead atoms. The molecule has 1 saturated heterocycles. The van der Waals surface area contributed by atoms with Gasteiger partial charge in [-0.3, -0.25) is 4.79 Å². The fraction of sp³-hybridized carbons (Fsp3) is 0.500. The maximum Gasteiger partial charge on any atom is 0.224 e. The number of anilines is 1. The van der Waals surface area contributed by atoms with Gasteiger partial charge in [-0.1, -0.05) is 6.42 Å². The minimum absolute atomic E-state index is 0.0610. The Morgan fingerprint density at radius 1 is 1.47 bits per heavy atom. The molecule has 1 amide bonds. The van der Waals surface area contributed by atoms with Crippen LogP contribution in [0.1, 0.15) is 32.1 Å². The Labute approximate surface area is 121 Å². The molecule has 0 aliphatic carbocycles. The SMILES string of the molecule is O=C(CCC1CCCCN1)Nc1ccc(Br)c(F)c1. The predicted octanol–water partition coefficient (Wildman–Crippen LogP) is 3.45. The van der Waals surface area contributed by atoms with Crippen LogP contribution >= 0.6 is 15.9 Å². The monoisotopic (exact) mass is 328 g/mol. The fourth-order valence-corrected chi connectivity index (χ4v) is 2.52. The lowest BCUT2D eigenvalue weighted by Crippen LogP contribution is -2.34. The normalized spacial score (nSPS) is 19.2. The molecule has 1 aromatic rings. The summed E-state index contributed by atoms with van der Waals surface area (Å²) in [4.78, 5) is 11.8. The van der Waals surface area contributed by atoms with E-state index in [0.29, 0.717) is 22.6 Å². The number of hydrogen-bond acceptors (Lipinski definition) is 2. The Kier molecular flexibility index (Phi) is 5.34. The molecule has 1 fully saturated rings. The van der Waals surface area contributed by atoms with Crippen LogP contribution in [0.5, 0.6) is 0 Å². The van der Waals surface area contributed by atoms with E-state index in [1.54, 1.807) is 12.1 Å². The maximum absolute atomic E-state index is 13.3. The lowest BCUT2D eigenvalue weighted by Gasteiger charge is -2.23. The molecule has 1 unspecified atom stereocenters. The van der Waals surface area contributed by atoms with Gasteiger partial charge < -0.3 is 10.6 Å². The van der Waals surface area contributed by atoms with E-state index in [4.69, 9.17) is 0 Å². The average Bonchev–Trinajstić information content (AvgIpc) is 2.42. The van der Waals surface area contributed by atoms with Gasteiger partial charge in [0.1, 0.15) is 5.82 Å². The van der Waals surface area contributed by atoms with Crippen LogP contribution in [0.4, 0.5) is 10.1 Å². The minimum atomic E-state index is -0.369. The highest BCUT2D eigenvalue weighted by atomic mass is 79.9. The molecular formula is C14H18BrFN2O. The van der Waals surface area contributed by atoms with E-state index in [1.807, 2.05) is 0 Å². The van der Waals surface area contributed by atoms with E-state index in [-0.39, 0.29) is 11.7 Å². The first kappa shape index (κ1) is 14.5. The highest BCUT2D eigenvalue weighted by Crippen LogP contribution is 2.19. The van der Waals surface area contributed by atoms with Crippen LogP contribution in [0.2, 0.25) is 0 Å². The average molecular weight is 329 g/mol. The number of hydrogen-bond donors (Lipinski definition) is 2. The largest absolute Gasteiger partial charge is 0.326 e. The van der Waals surface area contributed by atoms with Crippen molar-refractivity contribution in [3.63, 3.8) is 0 Å². The first-order valence-electron chi connectivity index (χ1n) is 6.63. The van der Waals surface area contributed by atoms with E-state index in [1.165, 1.54) is 18.9 Å². The number of halogens is 2. The van der Waals surface area contributed by atoms with Crippen LogP contribution in [-0.4, -0.2) is 18.5 Å². The Bertz CT molecular complexity index is 447. The van der Waals surface area contributed by atoms with Crippen molar-refractivity contribution in [1.29, 1.82) is 0 Å². The molecule has 104 valence electrons. The molecule has 2 rings (SSSR count). The number of nitrogens with one attached hydrogen (secondary N) is 2. The Balaban J connectivity index is 1.78. The first-order chi connectivity index (χ1) is 9.15. The van der Waals surface area contributed by atoms with Gasteiger partial charge >= 0.3 is 0 Å². The zero-order chi connectivity index (χ0) is 13.7. The second kappa shape index (κ2) is 7.01. The van der Waals surface area contributed by atoms with Crippen molar-refractivity contribution < 1.29 is 9.18 Å². The number of amides is 1. The molecule has 3 nitrogen and oxygen atoms in total. The van der Waals surface area contributed by atoms with Gasteiger partial charge in [0, 0.05) is 18.2 Å². The molecule has 1 aliphatic rings. The lowest BCUT2D eigenvalue weighted by molar-refractivity contribution is -0.116. The van der Waals surface area contributed by atoms with E-state index < -0.39 is 0 Å². The number of benzene rings is 1. The van der Waals surface area contributed by atoms with E-state index in [9.17, 15) is 9.18 Å². The summed E-state index contributed by atoms with van der Waals surface area (Å²) in [6, 6.07) is 5.04. The Morgan fingerprint density at radius 3 is 3.00 bits per heavy atom. The minimum Gasteiger partial charge on any atom is -0.326 e. The molecule has 0 saturated carbocycles. The van der Waals surface area contributed by atoms with Crippen LogP contribution in [0.15, 0.2) is 22.7 Å². The summed E-state index contributed by atoms with van der Waals surface area (Å²) >= 11 is 3.08. The third-order valence-corrected chi connectivity index (χ3v) is 3.98. The molecule has 1 heterocycles. The van der Waals surface area contributed by atoms with Crippen molar-refractivity contribution in [3.05, 3.63) is 28.5 Å². The fourth-order valence-electron chi connectivity index (χ4n) is 2.27. The molecule has 1 atom stereocenters. The Morgan fingerprint density at radius 2 is 2.32 bits per heavy atom. The van der Waals surface area contributed by atoms with E-state index >= 15 is 0 Å². The summed E-state index contributed by atoms with van der Waals surface area (Å²) in [5.74, 6) is -0.430. The summed E-state index contributed by atoms with van der Waals surface area (Å²) < 4.78 is 13.7. The predicted molar refractivity (Wildman–Crippen MR) is 77.6 cm³/mol. The van der Waals surface area contributed by atoms with Crippen LogP contribution in [-0.2, 0) is 4.79 Å². The molecule has 0 radical (unpaired) electrons. The van der Waals surface area contributed by atoms with Crippen molar-refractivity contribution >= 4 is 27.5 Å². The highest BCUT2D eigenvalue weighted by Gasteiger charge is 2.14. The zero-order valence-electron chi connectivity index (χ0n) is 10.7. The second-order valence-corrected chi connectivity index (χ2v) is 5.72. The molecule has 0 aromatic heterocycles. The quantitative estimate of drug-likeness (QED) is 0.888. The smallest absolute Gasteiger partial charge is 0.224 e. The third kappa shape index (κ3) is 4.58. The zero-order valence-corrected chi connectivity index (χ0v) is 12.3. The molecule has 1 aliphatic heterocycles. The summed E-state index contributed by atoms with van der Waals surface area (Å²) in [7, 11) is 0. The topological polar surface area (TPSA) is 41.1 Å². The molecule has 0 spiro atoms. The molecule has 2 N–H and O–H groups in total. The van der Waals surface area contributed by atoms with E-state index in [0.717, 1.165) is 19.4 Å². The Hall–Kier alpha value is -0.940. The van der Waals surface area contributed by atoms with Gasteiger partial charge in [0.05, 0.1) is 4.47 Å². The number of rotatable bonds is 4. The van der Waals surface area contributed by atoms with Crippen molar-refractivity contribution in [2.45, 2.75) is 38.1 Å². The number of carbonyl (C=O) groups is 1. The van der Waals surface area contributed by atoms with Gasteiger partial charge in [0.15, 0.2) is 0 Å². The van der Waals surface area contributed by atoms with Crippen LogP contribution in [0.3, 0.4) is 0 Å². The van der Waals surface area contributed by atoms with Gasteiger partial charge in [-0.15, -0.1) is 0 Å². The molecular weight excluding hydrogens is 311 g/mol. The molecule has 1 aromatic carbocycles. The summed E-state index contributed by atoms with van der Waals surface area (Å²) in [6.45, 7) is 1.05. The molecule has 5 heteroatoms. The summed E-state index contributed by atoms with van der Waals surface area (Å²) in [6.07, 6.45) is 4.90. The number of piperidine rings is 1. The van der Waals surface area contributed by atoms with Crippen molar-refractivity contribution in [3.8, 4) is 0 Å². The van der Waals surface area contributed by atoms with Crippen molar-refractivity contribution in [2.24, 2.45) is 0 Å². The van der Waals surface area contributed by atoms with Gasteiger partial charge in [-0.2, -0.15) is 0 Å². The van der Waals surface area contributed by atoms with Gasteiger partial charge in [-0.25, -0.2) is 4.39 Å². The lowest BCUT2D eigenvalue weighted by atomic mass is 10.0. The highest BCUT2D eigenvalue weighted by molar-refractivity contribution is 9.10. The van der Waals surface area contributed by atoms with Crippen molar-refractivity contribution in [2.75, 3.05) is 11.9 Å². The van der Waals surface area contributed by atoms with E-state index in [2.05, 4.69) is 26.6 Å². The van der Waals surface area contributed by atoms with Gasteiger partial charge in [0.2, 0.25) is 5.91 Å².